The van der Waals surface area contributed by atoms with Crippen LogP contribution in [0.3, 0.4) is 0 Å². The van der Waals surface area contributed by atoms with E-state index in [1.165, 1.54) is 29.5 Å². The first kappa shape index (κ1) is 16.8. The monoisotopic (exact) mass is 308 g/mol. The van der Waals surface area contributed by atoms with E-state index in [0.717, 1.165) is 13.0 Å². The summed E-state index contributed by atoms with van der Waals surface area (Å²) in [5, 5.41) is 13.6. The molecule has 1 aliphatic carbocycles. The number of aliphatic hydroxyl groups is 1. The van der Waals surface area contributed by atoms with E-state index in [4.69, 9.17) is 0 Å². The van der Waals surface area contributed by atoms with Crippen molar-refractivity contribution in [3.8, 4) is 0 Å². The highest BCUT2D eigenvalue weighted by Gasteiger charge is 2.33. The van der Waals surface area contributed by atoms with E-state index in [1.807, 2.05) is 0 Å². The molecule has 2 N–H and O–H groups in total. The van der Waals surface area contributed by atoms with Gasteiger partial charge in [-0.05, 0) is 51.3 Å². The second kappa shape index (κ2) is 7.63. The lowest BCUT2D eigenvalue weighted by atomic mass is 10.0. The van der Waals surface area contributed by atoms with Gasteiger partial charge in [-0.2, -0.15) is 12.6 Å². The van der Waals surface area contributed by atoms with Gasteiger partial charge in [-0.15, -0.1) is 0 Å². The minimum atomic E-state index is -0.515. The predicted molar refractivity (Wildman–Crippen MR) is 92.1 cm³/mol. The molecule has 1 aromatic rings. The van der Waals surface area contributed by atoms with Gasteiger partial charge in [-0.3, -0.25) is 10.2 Å². The summed E-state index contributed by atoms with van der Waals surface area (Å²) in [6.07, 6.45) is 2.92. The van der Waals surface area contributed by atoms with Gasteiger partial charge in [0, 0.05) is 18.3 Å². The molecule has 3 nitrogen and oxygen atoms in total. The molecule has 1 aliphatic rings. The van der Waals surface area contributed by atoms with E-state index in [0.29, 0.717) is 11.8 Å². The molecule has 1 aromatic carbocycles. The van der Waals surface area contributed by atoms with Crippen molar-refractivity contribution < 1.29 is 5.11 Å². The molecule has 2 unspecified atom stereocenters. The second-order valence-electron chi connectivity index (χ2n) is 6.23. The Bertz CT molecular complexity index is 462. The topological polar surface area (TPSA) is 35.5 Å². The molecule has 0 radical (unpaired) electrons. The van der Waals surface area contributed by atoms with E-state index in [-0.39, 0.29) is 6.04 Å². The van der Waals surface area contributed by atoms with Gasteiger partial charge in [0.2, 0.25) is 0 Å². The van der Waals surface area contributed by atoms with Crippen LogP contribution in [0.15, 0.2) is 18.2 Å². The molecule has 0 amide bonds. The van der Waals surface area contributed by atoms with Crippen LogP contribution in [0.1, 0.15) is 29.5 Å². The molecular weight excluding hydrogens is 280 g/mol. The molecule has 1 fully saturated rings. The summed E-state index contributed by atoms with van der Waals surface area (Å²) in [4.78, 5) is 2.27. The fourth-order valence-corrected chi connectivity index (χ4v) is 3.28. The zero-order valence-electron chi connectivity index (χ0n) is 13.3. The fourth-order valence-electron chi connectivity index (χ4n) is 2.82. The molecule has 0 saturated heterocycles. The molecule has 0 heterocycles. The molecule has 0 bridgehead atoms. The minimum Gasteiger partial charge on any atom is -0.377 e. The van der Waals surface area contributed by atoms with Crippen LogP contribution in [-0.4, -0.2) is 47.7 Å². The molecule has 0 aliphatic heterocycles. The lowest BCUT2D eigenvalue weighted by Gasteiger charge is -2.31. The Morgan fingerprint density at radius 3 is 2.67 bits per heavy atom. The van der Waals surface area contributed by atoms with Gasteiger partial charge in [0.25, 0.3) is 0 Å². The van der Waals surface area contributed by atoms with E-state index >= 15 is 0 Å². The SMILES string of the molecule is Cc1ccc(CCNC(O)C(CS)N(C)C2CC2)c(C)c1. The van der Waals surface area contributed by atoms with Gasteiger partial charge in [0.05, 0.1) is 6.04 Å². The molecule has 118 valence electrons. The van der Waals surface area contributed by atoms with Crippen LogP contribution in [0, 0.1) is 13.8 Å². The first-order valence-electron chi connectivity index (χ1n) is 7.83. The number of benzene rings is 1. The number of hydrogen-bond donors (Lipinski definition) is 3. The molecule has 2 rings (SSSR count). The third kappa shape index (κ3) is 4.71. The maximum absolute atomic E-state index is 10.3. The maximum Gasteiger partial charge on any atom is 0.121 e. The van der Waals surface area contributed by atoms with Crippen LogP contribution in [-0.2, 0) is 6.42 Å². The van der Waals surface area contributed by atoms with Gasteiger partial charge >= 0.3 is 0 Å². The van der Waals surface area contributed by atoms with Crippen LogP contribution >= 0.6 is 12.6 Å². The van der Waals surface area contributed by atoms with Crippen LogP contribution in [0.25, 0.3) is 0 Å². The van der Waals surface area contributed by atoms with Crippen LogP contribution in [0.5, 0.6) is 0 Å². The lowest BCUT2D eigenvalue weighted by Crippen LogP contribution is -2.51. The Morgan fingerprint density at radius 1 is 1.38 bits per heavy atom. The Kier molecular flexibility index (Phi) is 6.11. The number of nitrogens with one attached hydrogen (secondary N) is 1. The Labute approximate surface area is 134 Å². The molecule has 1 saturated carbocycles. The number of likely N-dealkylation sites (N-methyl/N-ethyl adjacent to an activating group) is 1. The van der Waals surface area contributed by atoms with Crippen molar-refractivity contribution in [2.24, 2.45) is 0 Å². The maximum atomic E-state index is 10.3. The molecule has 21 heavy (non-hydrogen) atoms. The van der Waals surface area contributed by atoms with Gasteiger partial charge < -0.3 is 5.11 Å². The van der Waals surface area contributed by atoms with Crippen molar-refractivity contribution in [1.29, 1.82) is 0 Å². The van der Waals surface area contributed by atoms with Gasteiger partial charge in [0.15, 0.2) is 0 Å². The summed E-state index contributed by atoms with van der Waals surface area (Å²) in [5.74, 6) is 0.671. The third-order valence-electron chi connectivity index (χ3n) is 4.44. The van der Waals surface area contributed by atoms with Gasteiger partial charge in [-0.1, -0.05) is 23.8 Å². The molecular formula is C17H28N2OS. The number of thiol groups is 1. The summed E-state index contributed by atoms with van der Waals surface area (Å²) in [5.41, 5.74) is 3.97. The number of aryl methyl sites for hydroxylation is 2. The lowest BCUT2D eigenvalue weighted by molar-refractivity contribution is 0.0468. The second-order valence-corrected chi connectivity index (χ2v) is 6.59. The smallest absolute Gasteiger partial charge is 0.121 e. The first-order chi connectivity index (χ1) is 10.0. The first-order valence-corrected chi connectivity index (χ1v) is 8.46. The van der Waals surface area contributed by atoms with Crippen LogP contribution in [0.2, 0.25) is 0 Å². The zero-order valence-corrected chi connectivity index (χ0v) is 14.2. The highest BCUT2D eigenvalue weighted by atomic mass is 32.1. The molecule has 0 aromatic heterocycles. The number of rotatable bonds is 8. The summed E-state index contributed by atoms with van der Waals surface area (Å²) >= 11 is 4.39. The van der Waals surface area contributed by atoms with Crippen molar-refractivity contribution in [3.05, 3.63) is 34.9 Å². The summed E-state index contributed by atoms with van der Waals surface area (Å²) in [6, 6.07) is 7.27. The van der Waals surface area contributed by atoms with Gasteiger partial charge in [0.1, 0.15) is 6.23 Å². The highest BCUT2D eigenvalue weighted by Crippen LogP contribution is 2.27. The van der Waals surface area contributed by atoms with E-state index in [9.17, 15) is 5.11 Å². The Balaban J connectivity index is 1.81. The number of aliphatic hydroxyl groups excluding tert-OH is 1. The van der Waals surface area contributed by atoms with E-state index in [2.05, 4.69) is 61.9 Å². The van der Waals surface area contributed by atoms with E-state index in [1.54, 1.807) is 0 Å². The average Bonchev–Trinajstić information content (AvgIpc) is 3.26. The van der Waals surface area contributed by atoms with Crippen molar-refractivity contribution >= 4 is 12.6 Å². The van der Waals surface area contributed by atoms with Crippen molar-refractivity contribution in [2.45, 2.75) is 51.4 Å². The number of nitrogens with zero attached hydrogens (tertiary/aromatic N) is 1. The fraction of sp³-hybridized carbons (Fsp3) is 0.647. The van der Waals surface area contributed by atoms with Gasteiger partial charge in [-0.25, -0.2) is 0 Å². The normalized spacial score (nSPS) is 18.0. The predicted octanol–water partition coefficient (Wildman–Crippen LogP) is 2.15. The van der Waals surface area contributed by atoms with Crippen molar-refractivity contribution in [1.82, 2.24) is 10.2 Å². The highest BCUT2D eigenvalue weighted by molar-refractivity contribution is 7.80. The average molecular weight is 308 g/mol. The number of hydrogen-bond acceptors (Lipinski definition) is 4. The Hall–Kier alpha value is -0.550. The van der Waals surface area contributed by atoms with E-state index < -0.39 is 6.23 Å². The quantitative estimate of drug-likeness (QED) is 0.509. The standard InChI is InChI=1S/C17H28N2OS/c1-12-4-5-14(13(2)10-12)8-9-18-17(20)16(11-21)19(3)15-6-7-15/h4-5,10,15-18,20-21H,6-9,11H2,1-3H3. The minimum absolute atomic E-state index is 0.0833. The summed E-state index contributed by atoms with van der Waals surface area (Å²) < 4.78 is 0. The summed E-state index contributed by atoms with van der Waals surface area (Å²) in [7, 11) is 2.09. The van der Waals surface area contributed by atoms with Crippen LogP contribution < -0.4 is 5.32 Å². The van der Waals surface area contributed by atoms with Crippen molar-refractivity contribution in [2.75, 3.05) is 19.3 Å². The summed E-state index contributed by atoms with van der Waals surface area (Å²) in [6.45, 7) is 5.05. The van der Waals surface area contributed by atoms with Crippen LogP contribution in [0.4, 0.5) is 0 Å². The van der Waals surface area contributed by atoms with Crippen molar-refractivity contribution in [3.63, 3.8) is 0 Å². The molecule has 2 atom stereocenters. The largest absolute Gasteiger partial charge is 0.377 e. The zero-order chi connectivity index (χ0) is 15.4. The Morgan fingerprint density at radius 2 is 2.10 bits per heavy atom. The third-order valence-corrected chi connectivity index (χ3v) is 4.82. The molecule has 0 spiro atoms. The molecule has 4 heteroatoms.